The van der Waals surface area contributed by atoms with Crippen LogP contribution in [-0.2, 0) is 11.3 Å². The molecule has 0 spiro atoms. The number of aliphatic hydroxyl groups is 1. The maximum absolute atomic E-state index is 12.7. The minimum atomic E-state index is 0.237. The van der Waals surface area contributed by atoms with Crippen LogP contribution in [0.15, 0.2) is 30.3 Å². The van der Waals surface area contributed by atoms with Gasteiger partial charge < -0.3 is 10.0 Å². The van der Waals surface area contributed by atoms with Crippen LogP contribution < -0.4 is 0 Å². The largest absolute Gasteiger partial charge is 0.396 e. The highest BCUT2D eigenvalue weighted by Gasteiger charge is 2.33. The van der Waals surface area contributed by atoms with Gasteiger partial charge in [-0.3, -0.25) is 9.69 Å². The topological polar surface area (TPSA) is 43.8 Å². The van der Waals surface area contributed by atoms with Gasteiger partial charge in [0.25, 0.3) is 0 Å². The Bertz CT molecular complexity index is 487. The van der Waals surface area contributed by atoms with E-state index in [9.17, 15) is 9.90 Å². The summed E-state index contributed by atoms with van der Waals surface area (Å²) in [4.78, 5) is 17.0. The molecule has 0 bridgehead atoms. The van der Waals surface area contributed by atoms with E-state index >= 15 is 0 Å². The third kappa shape index (κ3) is 4.08. The number of piperidine rings is 1. The SMILES string of the molecule is O=C(CN1CCC[C@H](CO)C1)N(Cc1ccccc1)C1CC1. The molecule has 3 rings (SSSR count). The Kier molecular flexibility index (Phi) is 5.11. The fourth-order valence-electron chi connectivity index (χ4n) is 3.31. The fraction of sp³-hybridized carbons (Fsp3) is 0.611. The minimum Gasteiger partial charge on any atom is -0.396 e. The number of hydrogen-bond acceptors (Lipinski definition) is 3. The van der Waals surface area contributed by atoms with Gasteiger partial charge in [-0.2, -0.15) is 0 Å². The van der Waals surface area contributed by atoms with E-state index in [0.29, 0.717) is 18.5 Å². The molecule has 0 aromatic heterocycles. The smallest absolute Gasteiger partial charge is 0.237 e. The predicted octanol–water partition coefficient (Wildman–Crippen LogP) is 1.88. The van der Waals surface area contributed by atoms with Crippen LogP contribution in [0.25, 0.3) is 0 Å². The normalized spacial score (nSPS) is 22.5. The molecular formula is C18H26N2O2. The van der Waals surface area contributed by atoms with Gasteiger partial charge in [0, 0.05) is 25.7 Å². The molecule has 22 heavy (non-hydrogen) atoms. The number of rotatable bonds is 6. The van der Waals surface area contributed by atoms with Gasteiger partial charge in [-0.05, 0) is 43.7 Å². The molecule has 1 N–H and O–H groups in total. The minimum absolute atomic E-state index is 0.237. The second-order valence-electron chi connectivity index (χ2n) is 6.66. The second-order valence-corrected chi connectivity index (χ2v) is 6.66. The first-order chi connectivity index (χ1) is 10.8. The number of benzene rings is 1. The lowest BCUT2D eigenvalue weighted by Gasteiger charge is -2.33. The van der Waals surface area contributed by atoms with Crippen LogP contribution in [0.4, 0.5) is 0 Å². The zero-order valence-electron chi connectivity index (χ0n) is 13.2. The van der Waals surface area contributed by atoms with E-state index in [4.69, 9.17) is 0 Å². The van der Waals surface area contributed by atoms with E-state index in [0.717, 1.165) is 45.3 Å². The molecule has 1 saturated heterocycles. The van der Waals surface area contributed by atoms with E-state index in [1.807, 2.05) is 18.2 Å². The Morgan fingerprint density at radius 3 is 2.68 bits per heavy atom. The van der Waals surface area contributed by atoms with Crippen LogP contribution in [0, 0.1) is 5.92 Å². The number of nitrogens with zero attached hydrogens (tertiary/aromatic N) is 2. The Labute approximate surface area is 132 Å². The van der Waals surface area contributed by atoms with E-state index in [-0.39, 0.29) is 12.5 Å². The first-order valence-corrected chi connectivity index (χ1v) is 8.43. The molecule has 120 valence electrons. The maximum atomic E-state index is 12.7. The van der Waals surface area contributed by atoms with Crippen molar-refractivity contribution in [2.24, 2.45) is 5.92 Å². The summed E-state index contributed by atoms with van der Waals surface area (Å²) in [6.07, 6.45) is 4.44. The van der Waals surface area contributed by atoms with Crippen molar-refractivity contribution in [3.05, 3.63) is 35.9 Å². The van der Waals surface area contributed by atoms with Crippen molar-refractivity contribution in [3.63, 3.8) is 0 Å². The highest BCUT2D eigenvalue weighted by molar-refractivity contribution is 5.79. The number of carbonyl (C=O) groups is 1. The third-order valence-corrected chi connectivity index (χ3v) is 4.72. The molecule has 0 unspecified atom stereocenters. The van der Waals surface area contributed by atoms with Gasteiger partial charge in [-0.25, -0.2) is 0 Å². The fourth-order valence-corrected chi connectivity index (χ4v) is 3.31. The molecule has 2 fully saturated rings. The van der Waals surface area contributed by atoms with E-state index < -0.39 is 0 Å². The molecule has 1 aromatic rings. The lowest BCUT2D eigenvalue weighted by atomic mass is 9.99. The molecule has 4 heteroatoms. The van der Waals surface area contributed by atoms with Gasteiger partial charge in [0.1, 0.15) is 0 Å². The molecule has 1 heterocycles. The van der Waals surface area contributed by atoms with Gasteiger partial charge in [0.2, 0.25) is 5.91 Å². The van der Waals surface area contributed by atoms with Crippen molar-refractivity contribution in [1.29, 1.82) is 0 Å². The van der Waals surface area contributed by atoms with Crippen molar-refractivity contribution in [1.82, 2.24) is 9.80 Å². The standard InChI is InChI=1S/C18H26N2O2/c21-14-16-7-4-10-19(11-16)13-18(22)20(17-8-9-17)12-15-5-2-1-3-6-15/h1-3,5-6,16-17,21H,4,7-14H2/t16-/m0/s1. The van der Waals surface area contributed by atoms with Crippen LogP contribution in [0.3, 0.4) is 0 Å². The zero-order valence-corrected chi connectivity index (χ0v) is 13.2. The lowest BCUT2D eigenvalue weighted by molar-refractivity contribution is -0.134. The molecule has 4 nitrogen and oxygen atoms in total. The Morgan fingerprint density at radius 1 is 1.23 bits per heavy atom. The summed E-state index contributed by atoms with van der Waals surface area (Å²) in [5.41, 5.74) is 1.20. The number of hydrogen-bond donors (Lipinski definition) is 1. The summed E-state index contributed by atoms with van der Waals surface area (Å²) in [5.74, 6) is 0.579. The average molecular weight is 302 g/mol. The highest BCUT2D eigenvalue weighted by Crippen LogP contribution is 2.29. The summed E-state index contributed by atoms with van der Waals surface area (Å²) in [6.45, 7) is 3.29. The first-order valence-electron chi connectivity index (χ1n) is 8.43. The third-order valence-electron chi connectivity index (χ3n) is 4.72. The molecule has 1 saturated carbocycles. The van der Waals surface area contributed by atoms with Gasteiger partial charge in [-0.15, -0.1) is 0 Å². The molecule has 2 aliphatic rings. The Hall–Kier alpha value is -1.39. The molecule has 1 amide bonds. The van der Waals surface area contributed by atoms with Crippen molar-refractivity contribution in [2.75, 3.05) is 26.2 Å². The maximum Gasteiger partial charge on any atom is 0.237 e. The number of likely N-dealkylation sites (tertiary alicyclic amines) is 1. The van der Waals surface area contributed by atoms with Crippen molar-refractivity contribution < 1.29 is 9.90 Å². The number of carbonyl (C=O) groups excluding carboxylic acids is 1. The molecule has 1 atom stereocenters. The Balaban J connectivity index is 1.58. The Morgan fingerprint density at radius 2 is 2.00 bits per heavy atom. The quantitative estimate of drug-likeness (QED) is 0.872. The first kappa shape index (κ1) is 15.5. The van der Waals surface area contributed by atoms with Crippen LogP contribution in [0.2, 0.25) is 0 Å². The zero-order chi connectivity index (χ0) is 15.4. The molecule has 1 aliphatic carbocycles. The molecule has 1 aromatic carbocycles. The van der Waals surface area contributed by atoms with Gasteiger partial charge in [0.05, 0.1) is 6.54 Å². The number of amides is 1. The number of aliphatic hydroxyl groups excluding tert-OH is 1. The molecule has 0 radical (unpaired) electrons. The second kappa shape index (κ2) is 7.25. The van der Waals surface area contributed by atoms with Crippen LogP contribution >= 0.6 is 0 Å². The van der Waals surface area contributed by atoms with Gasteiger partial charge >= 0.3 is 0 Å². The summed E-state index contributed by atoms with van der Waals surface area (Å²) in [6, 6.07) is 10.7. The molecular weight excluding hydrogens is 276 g/mol. The van der Waals surface area contributed by atoms with Gasteiger partial charge in [-0.1, -0.05) is 30.3 Å². The lowest BCUT2D eigenvalue weighted by Crippen LogP contribution is -2.45. The summed E-state index contributed by atoms with van der Waals surface area (Å²) >= 11 is 0. The predicted molar refractivity (Wildman–Crippen MR) is 86.3 cm³/mol. The summed E-state index contributed by atoms with van der Waals surface area (Å²) in [5, 5.41) is 9.32. The van der Waals surface area contributed by atoms with E-state index in [1.54, 1.807) is 0 Å². The van der Waals surface area contributed by atoms with Crippen LogP contribution in [-0.4, -0.2) is 53.1 Å². The summed E-state index contributed by atoms with van der Waals surface area (Å²) < 4.78 is 0. The van der Waals surface area contributed by atoms with Crippen molar-refractivity contribution in [3.8, 4) is 0 Å². The molecule has 1 aliphatic heterocycles. The van der Waals surface area contributed by atoms with E-state index in [1.165, 1.54) is 5.56 Å². The van der Waals surface area contributed by atoms with Crippen molar-refractivity contribution >= 4 is 5.91 Å². The van der Waals surface area contributed by atoms with E-state index in [2.05, 4.69) is 21.9 Å². The van der Waals surface area contributed by atoms with Crippen molar-refractivity contribution in [2.45, 2.75) is 38.3 Å². The van der Waals surface area contributed by atoms with Crippen LogP contribution in [0.1, 0.15) is 31.2 Å². The monoisotopic (exact) mass is 302 g/mol. The summed E-state index contributed by atoms with van der Waals surface area (Å²) in [7, 11) is 0. The average Bonchev–Trinajstić information content (AvgIpc) is 3.38. The van der Waals surface area contributed by atoms with Crippen LogP contribution in [0.5, 0.6) is 0 Å². The highest BCUT2D eigenvalue weighted by atomic mass is 16.3. The van der Waals surface area contributed by atoms with Gasteiger partial charge in [0.15, 0.2) is 0 Å².